The predicted molar refractivity (Wildman–Crippen MR) is 66.4 cm³/mol. The highest BCUT2D eigenvalue weighted by molar-refractivity contribution is 5.51. The van der Waals surface area contributed by atoms with E-state index in [-0.39, 0.29) is 5.88 Å². The van der Waals surface area contributed by atoms with E-state index in [4.69, 9.17) is 20.5 Å². The largest absolute Gasteiger partial charge is 0.481 e. The van der Waals surface area contributed by atoms with Gasteiger partial charge in [-0.3, -0.25) is 0 Å². The van der Waals surface area contributed by atoms with Crippen molar-refractivity contribution < 1.29 is 9.47 Å². The molecule has 2 N–H and O–H groups in total. The van der Waals surface area contributed by atoms with Crippen molar-refractivity contribution in [3.05, 3.63) is 42.0 Å². The standard InChI is InChI=1S/C13H11N3O2/c1-17-12-7-6-11(15)13(16-12)18-10-4-2-9(8-14)3-5-10/h2-7H,15H2,1H3. The van der Waals surface area contributed by atoms with Gasteiger partial charge in [-0.15, -0.1) is 0 Å². The maximum atomic E-state index is 8.69. The topological polar surface area (TPSA) is 81.2 Å². The van der Waals surface area contributed by atoms with Gasteiger partial charge in [0.25, 0.3) is 0 Å². The monoisotopic (exact) mass is 241 g/mol. The Morgan fingerprint density at radius 1 is 1.17 bits per heavy atom. The Labute approximate surface area is 104 Å². The third-order valence-electron chi connectivity index (χ3n) is 2.27. The van der Waals surface area contributed by atoms with E-state index in [2.05, 4.69) is 4.98 Å². The van der Waals surface area contributed by atoms with Crippen LogP contribution in [0.4, 0.5) is 5.69 Å². The molecule has 90 valence electrons. The summed E-state index contributed by atoms with van der Waals surface area (Å²) in [4.78, 5) is 4.09. The third kappa shape index (κ3) is 2.50. The quantitative estimate of drug-likeness (QED) is 0.891. The maximum Gasteiger partial charge on any atom is 0.246 e. The molecule has 0 spiro atoms. The molecule has 1 aromatic carbocycles. The number of benzene rings is 1. The number of nitrogen functional groups attached to an aromatic ring is 1. The fourth-order valence-corrected chi connectivity index (χ4v) is 1.34. The van der Waals surface area contributed by atoms with Crippen molar-refractivity contribution in [3.8, 4) is 23.6 Å². The van der Waals surface area contributed by atoms with Gasteiger partial charge in [-0.2, -0.15) is 10.2 Å². The Balaban J connectivity index is 2.25. The Kier molecular flexibility index (Phi) is 3.30. The highest BCUT2D eigenvalue weighted by atomic mass is 16.5. The molecule has 2 aromatic rings. The number of aromatic nitrogens is 1. The maximum absolute atomic E-state index is 8.69. The SMILES string of the molecule is COc1ccc(N)c(Oc2ccc(C#N)cc2)n1. The molecule has 0 aliphatic carbocycles. The van der Waals surface area contributed by atoms with Crippen LogP contribution in [0.1, 0.15) is 5.56 Å². The molecular weight excluding hydrogens is 230 g/mol. The normalized spacial score (nSPS) is 9.56. The number of nitrogens with zero attached hydrogens (tertiary/aromatic N) is 2. The van der Waals surface area contributed by atoms with Gasteiger partial charge in [0.05, 0.1) is 24.4 Å². The van der Waals surface area contributed by atoms with Gasteiger partial charge in [0.15, 0.2) is 0 Å². The molecule has 2 rings (SSSR count). The second-order valence-corrected chi connectivity index (χ2v) is 3.49. The smallest absolute Gasteiger partial charge is 0.246 e. The molecule has 0 amide bonds. The molecule has 0 radical (unpaired) electrons. The summed E-state index contributed by atoms with van der Waals surface area (Å²) in [5.41, 5.74) is 6.73. The lowest BCUT2D eigenvalue weighted by Gasteiger charge is -2.08. The minimum absolute atomic E-state index is 0.277. The van der Waals surface area contributed by atoms with Crippen molar-refractivity contribution in [2.75, 3.05) is 12.8 Å². The van der Waals surface area contributed by atoms with E-state index in [1.54, 1.807) is 36.4 Å². The van der Waals surface area contributed by atoms with Crippen molar-refractivity contribution in [1.82, 2.24) is 4.98 Å². The second-order valence-electron chi connectivity index (χ2n) is 3.49. The van der Waals surface area contributed by atoms with E-state index in [0.717, 1.165) is 0 Å². The van der Waals surface area contributed by atoms with E-state index < -0.39 is 0 Å². The lowest BCUT2D eigenvalue weighted by molar-refractivity contribution is 0.384. The Bertz CT molecular complexity index is 588. The van der Waals surface area contributed by atoms with Crippen molar-refractivity contribution in [1.29, 1.82) is 5.26 Å². The first-order valence-corrected chi connectivity index (χ1v) is 5.21. The van der Waals surface area contributed by atoms with Crippen molar-refractivity contribution in [2.45, 2.75) is 0 Å². The molecule has 18 heavy (non-hydrogen) atoms. The number of methoxy groups -OCH3 is 1. The van der Waals surface area contributed by atoms with Crippen molar-refractivity contribution >= 4 is 5.69 Å². The van der Waals surface area contributed by atoms with Crippen LogP contribution in [0.5, 0.6) is 17.5 Å². The molecule has 0 saturated heterocycles. The molecular formula is C13H11N3O2. The Morgan fingerprint density at radius 2 is 1.89 bits per heavy atom. The summed E-state index contributed by atoms with van der Waals surface area (Å²) in [7, 11) is 1.52. The van der Waals surface area contributed by atoms with Crippen LogP contribution in [-0.2, 0) is 0 Å². The van der Waals surface area contributed by atoms with Crippen LogP contribution < -0.4 is 15.2 Å². The molecule has 0 atom stereocenters. The van der Waals surface area contributed by atoms with Crippen molar-refractivity contribution in [3.63, 3.8) is 0 Å². The molecule has 0 bridgehead atoms. The summed E-state index contributed by atoms with van der Waals surface area (Å²) in [6.45, 7) is 0. The molecule has 0 saturated carbocycles. The number of pyridine rings is 1. The van der Waals surface area contributed by atoms with Gasteiger partial charge in [0.1, 0.15) is 5.75 Å². The first-order chi connectivity index (χ1) is 8.72. The lowest BCUT2D eigenvalue weighted by Crippen LogP contribution is -1.97. The van der Waals surface area contributed by atoms with E-state index >= 15 is 0 Å². The van der Waals surface area contributed by atoms with Gasteiger partial charge in [0.2, 0.25) is 11.8 Å². The zero-order chi connectivity index (χ0) is 13.0. The fraction of sp³-hybridized carbons (Fsp3) is 0.0769. The van der Waals surface area contributed by atoms with Crippen molar-refractivity contribution in [2.24, 2.45) is 0 Å². The Morgan fingerprint density at radius 3 is 2.50 bits per heavy atom. The van der Waals surface area contributed by atoms with Crippen LogP contribution in [0.15, 0.2) is 36.4 Å². The van der Waals surface area contributed by atoms with Gasteiger partial charge in [-0.25, -0.2) is 0 Å². The van der Waals surface area contributed by atoms with Gasteiger partial charge in [-0.05, 0) is 30.3 Å². The lowest BCUT2D eigenvalue weighted by atomic mass is 10.2. The van der Waals surface area contributed by atoms with E-state index in [1.165, 1.54) is 7.11 Å². The van der Waals surface area contributed by atoms with Crippen LogP contribution in [-0.4, -0.2) is 12.1 Å². The molecule has 0 aliphatic heterocycles. The van der Waals surface area contributed by atoms with Gasteiger partial charge < -0.3 is 15.2 Å². The molecule has 0 aliphatic rings. The van der Waals surface area contributed by atoms with Crippen LogP contribution in [0.2, 0.25) is 0 Å². The third-order valence-corrected chi connectivity index (χ3v) is 2.27. The zero-order valence-corrected chi connectivity index (χ0v) is 9.75. The number of ether oxygens (including phenoxy) is 2. The van der Waals surface area contributed by atoms with E-state index in [1.807, 2.05) is 6.07 Å². The molecule has 1 heterocycles. The number of anilines is 1. The van der Waals surface area contributed by atoms with Crippen LogP contribution >= 0.6 is 0 Å². The summed E-state index contributed by atoms with van der Waals surface area (Å²) < 4.78 is 10.5. The molecule has 5 heteroatoms. The van der Waals surface area contributed by atoms with Gasteiger partial charge >= 0.3 is 0 Å². The summed E-state index contributed by atoms with van der Waals surface area (Å²) in [6, 6.07) is 12.0. The summed E-state index contributed by atoms with van der Waals surface area (Å²) in [5, 5.41) is 8.69. The highest BCUT2D eigenvalue weighted by Gasteiger charge is 2.06. The zero-order valence-electron chi connectivity index (χ0n) is 9.75. The molecule has 1 aromatic heterocycles. The van der Waals surface area contributed by atoms with Crippen LogP contribution in [0.25, 0.3) is 0 Å². The minimum atomic E-state index is 0.277. The first kappa shape index (κ1) is 11.7. The minimum Gasteiger partial charge on any atom is -0.481 e. The number of hydrogen-bond donors (Lipinski definition) is 1. The van der Waals surface area contributed by atoms with Gasteiger partial charge in [0, 0.05) is 6.07 Å². The second kappa shape index (κ2) is 5.06. The number of hydrogen-bond acceptors (Lipinski definition) is 5. The molecule has 5 nitrogen and oxygen atoms in total. The molecule has 0 unspecified atom stereocenters. The summed E-state index contributed by atoms with van der Waals surface area (Å²) in [6.07, 6.45) is 0. The summed E-state index contributed by atoms with van der Waals surface area (Å²) >= 11 is 0. The highest BCUT2D eigenvalue weighted by Crippen LogP contribution is 2.27. The van der Waals surface area contributed by atoms with E-state index in [0.29, 0.717) is 22.9 Å². The first-order valence-electron chi connectivity index (χ1n) is 5.21. The predicted octanol–water partition coefficient (Wildman–Crippen LogP) is 2.34. The average molecular weight is 241 g/mol. The average Bonchev–Trinajstić information content (AvgIpc) is 2.42. The Hall–Kier alpha value is -2.74. The number of nitriles is 1. The number of nitrogens with two attached hydrogens (primary N) is 1. The van der Waals surface area contributed by atoms with Gasteiger partial charge in [-0.1, -0.05) is 0 Å². The van der Waals surface area contributed by atoms with Crippen LogP contribution in [0.3, 0.4) is 0 Å². The van der Waals surface area contributed by atoms with Crippen LogP contribution in [0, 0.1) is 11.3 Å². The molecule has 0 fully saturated rings. The van der Waals surface area contributed by atoms with E-state index in [9.17, 15) is 0 Å². The number of rotatable bonds is 3. The summed E-state index contributed by atoms with van der Waals surface area (Å²) in [5.74, 6) is 1.26. The fourth-order valence-electron chi connectivity index (χ4n) is 1.34.